The first-order valence-corrected chi connectivity index (χ1v) is 10.9. The van der Waals surface area contributed by atoms with Gasteiger partial charge >= 0.3 is 0 Å². The van der Waals surface area contributed by atoms with Crippen molar-refractivity contribution in [3.63, 3.8) is 0 Å². The molecular weight excluding hydrogens is 384 g/mol. The van der Waals surface area contributed by atoms with E-state index in [1.807, 2.05) is 30.3 Å². The van der Waals surface area contributed by atoms with E-state index in [0.717, 1.165) is 11.1 Å². The molecule has 1 aliphatic rings. The lowest BCUT2D eigenvalue weighted by Gasteiger charge is -2.26. The minimum absolute atomic E-state index is 0.283. The van der Waals surface area contributed by atoms with Gasteiger partial charge < -0.3 is 4.74 Å². The van der Waals surface area contributed by atoms with E-state index >= 15 is 0 Å². The van der Waals surface area contributed by atoms with Crippen LogP contribution in [-0.2, 0) is 14.8 Å². The zero-order valence-electron chi connectivity index (χ0n) is 15.9. The summed E-state index contributed by atoms with van der Waals surface area (Å²) in [5.41, 5.74) is 4.02. The van der Waals surface area contributed by atoms with Crippen LogP contribution in [-0.4, -0.2) is 45.2 Å². The first-order valence-electron chi connectivity index (χ1n) is 9.50. The Labute approximate surface area is 171 Å². The molecule has 0 saturated carbocycles. The molecule has 1 fully saturated rings. The lowest BCUT2D eigenvalue weighted by molar-refractivity contribution is 0.0730. The fraction of sp³-hybridized carbons (Fsp3) is 0.174. The number of nitrogens with zero attached hydrogens (tertiary/aromatic N) is 2. The Morgan fingerprint density at radius 1 is 0.793 bits per heavy atom. The summed E-state index contributed by atoms with van der Waals surface area (Å²) in [4.78, 5) is 4.74. The van der Waals surface area contributed by atoms with Crippen LogP contribution in [0.1, 0.15) is 5.56 Å². The van der Waals surface area contributed by atoms with E-state index in [0.29, 0.717) is 32.0 Å². The van der Waals surface area contributed by atoms with E-state index in [2.05, 4.69) is 29.3 Å². The van der Waals surface area contributed by atoms with Gasteiger partial charge in [-0.3, -0.25) is 4.99 Å². The molecule has 0 aliphatic carbocycles. The van der Waals surface area contributed by atoms with Crippen molar-refractivity contribution in [2.24, 2.45) is 4.99 Å². The minimum Gasteiger partial charge on any atom is -0.379 e. The molecule has 4 rings (SSSR count). The van der Waals surface area contributed by atoms with Gasteiger partial charge in [-0.1, -0.05) is 54.6 Å². The van der Waals surface area contributed by atoms with Crippen LogP contribution in [0.3, 0.4) is 0 Å². The molecule has 29 heavy (non-hydrogen) atoms. The highest BCUT2D eigenvalue weighted by atomic mass is 32.2. The van der Waals surface area contributed by atoms with E-state index in [-0.39, 0.29) is 4.90 Å². The summed E-state index contributed by atoms with van der Waals surface area (Å²) in [7, 11) is -3.48. The maximum atomic E-state index is 12.7. The first-order chi connectivity index (χ1) is 14.1. The fourth-order valence-electron chi connectivity index (χ4n) is 3.18. The van der Waals surface area contributed by atoms with Crippen molar-refractivity contribution < 1.29 is 13.2 Å². The fourth-order valence-corrected chi connectivity index (χ4v) is 4.59. The number of morpholine rings is 1. The van der Waals surface area contributed by atoms with Crippen LogP contribution < -0.4 is 0 Å². The maximum Gasteiger partial charge on any atom is 0.243 e. The summed E-state index contributed by atoms with van der Waals surface area (Å²) in [5, 5.41) is 0. The quantitative estimate of drug-likeness (QED) is 0.599. The van der Waals surface area contributed by atoms with Gasteiger partial charge in [-0.2, -0.15) is 4.31 Å². The zero-order valence-corrected chi connectivity index (χ0v) is 16.8. The molecule has 0 bridgehead atoms. The second-order valence-corrected chi connectivity index (χ2v) is 8.69. The van der Waals surface area contributed by atoms with Crippen LogP contribution in [0.2, 0.25) is 0 Å². The third-order valence-corrected chi connectivity index (χ3v) is 6.74. The average Bonchev–Trinajstić information content (AvgIpc) is 2.79. The van der Waals surface area contributed by atoms with Crippen LogP contribution in [0.4, 0.5) is 5.69 Å². The lowest BCUT2D eigenvalue weighted by Crippen LogP contribution is -2.40. The van der Waals surface area contributed by atoms with Crippen LogP contribution in [0, 0.1) is 0 Å². The Kier molecular flexibility index (Phi) is 5.85. The summed E-state index contributed by atoms with van der Waals surface area (Å²) in [5.74, 6) is 0. The van der Waals surface area contributed by atoms with Crippen LogP contribution in [0.25, 0.3) is 11.1 Å². The zero-order chi connectivity index (χ0) is 20.1. The molecule has 0 N–H and O–H groups in total. The van der Waals surface area contributed by atoms with Gasteiger partial charge in [0.25, 0.3) is 0 Å². The number of rotatable bonds is 5. The monoisotopic (exact) mass is 406 g/mol. The molecule has 1 aliphatic heterocycles. The van der Waals surface area contributed by atoms with Gasteiger partial charge in [-0.15, -0.1) is 0 Å². The molecule has 0 unspecified atom stereocenters. The van der Waals surface area contributed by atoms with Gasteiger partial charge in [0.2, 0.25) is 10.0 Å². The molecular formula is C23H22N2O3S. The van der Waals surface area contributed by atoms with Crippen molar-refractivity contribution in [3.8, 4) is 11.1 Å². The molecule has 148 valence electrons. The average molecular weight is 407 g/mol. The molecule has 0 spiro atoms. The number of aliphatic imine (C=N–C) groups is 1. The SMILES string of the molecule is O=S(=O)(c1ccc(N=Cc2ccc(-c3ccccc3)cc2)cc1)N1CCOCC1. The smallest absolute Gasteiger partial charge is 0.243 e. The highest BCUT2D eigenvalue weighted by Crippen LogP contribution is 2.22. The molecule has 0 aromatic heterocycles. The number of ether oxygens (including phenoxy) is 1. The normalized spacial score (nSPS) is 15.6. The Hall–Kier alpha value is -2.80. The van der Waals surface area contributed by atoms with Gasteiger partial charge in [0, 0.05) is 19.3 Å². The predicted molar refractivity (Wildman–Crippen MR) is 115 cm³/mol. The van der Waals surface area contributed by atoms with Gasteiger partial charge in [-0.05, 0) is 41.0 Å². The molecule has 3 aromatic rings. The Morgan fingerprint density at radius 2 is 1.41 bits per heavy atom. The lowest BCUT2D eigenvalue weighted by atomic mass is 10.0. The summed E-state index contributed by atoms with van der Waals surface area (Å²) >= 11 is 0. The van der Waals surface area contributed by atoms with Gasteiger partial charge in [0.1, 0.15) is 0 Å². The third-order valence-electron chi connectivity index (χ3n) is 4.83. The van der Waals surface area contributed by atoms with Crippen molar-refractivity contribution in [2.45, 2.75) is 4.90 Å². The van der Waals surface area contributed by atoms with E-state index in [9.17, 15) is 8.42 Å². The number of sulfonamides is 1. The third kappa shape index (κ3) is 4.62. The molecule has 0 atom stereocenters. The topological polar surface area (TPSA) is 59.0 Å². The van der Waals surface area contributed by atoms with E-state index in [1.54, 1.807) is 30.5 Å². The van der Waals surface area contributed by atoms with Crippen LogP contribution in [0.5, 0.6) is 0 Å². The highest BCUT2D eigenvalue weighted by molar-refractivity contribution is 7.89. The number of benzene rings is 3. The molecule has 1 heterocycles. The van der Waals surface area contributed by atoms with Crippen molar-refractivity contribution >= 4 is 21.9 Å². The van der Waals surface area contributed by atoms with Crippen molar-refractivity contribution in [3.05, 3.63) is 84.4 Å². The maximum absolute atomic E-state index is 12.7. The molecule has 0 amide bonds. The van der Waals surface area contributed by atoms with Gasteiger partial charge in [0.15, 0.2) is 0 Å². The Balaban J connectivity index is 1.45. The molecule has 0 radical (unpaired) electrons. The summed E-state index contributed by atoms with van der Waals surface area (Å²) < 4.78 is 32.0. The molecule has 6 heteroatoms. The predicted octanol–water partition coefficient (Wildman–Crippen LogP) is 4.13. The van der Waals surface area contributed by atoms with Gasteiger partial charge in [-0.25, -0.2) is 8.42 Å². The molecule has 5 nitrogen and oxygen atoms in total. The number of hydrogen-bond donors (Lipinski definition) is 0. The molecule has 3 aromatic carbocycles. The van der Waals surface area contributed by atoms with E-state index in [4.69, 9.17) is 4.74 Å². The van der Waals surface area contributed by atoms with Crippen LogP contribution >= 0.6 is 0 Å². The summed E-state index contributed by atoms with van der Waals surface area (Å²) in [6, 6.07) is 25.0. The molecule has 1 saturated heterocycles. The van der Waals surface area contributed by atoms with Crippen molar-refractivity contribution in [1.82, 2.24) is 4.31 Å². The van der Waals surface area contributed by atoms with Gasteiger partial charge in [0.05, 0.1) is 23.8 Å². The summed E-state index contributed by atoms with van der Waals surface area (Å²) in [6.07, 6.45) is 1.78. The van der Waals surface area contributed by atoms with Crippen LogP contribution in [0.15, 0.2) is 88.8 Å². The van der Waals surface area contributed by atoms with E-state index < -0.39 is 10.0 Å². The highest BCUT2D eigenvalue weighted by Gasteiger charge is 2.25. The Morgan fingerprint density at radius 3 is 2.07 bits per heavy atom. The second kappa shape index (κ2) is 8.69. The van der Waals surface area contributed by atoms with Crippen molar-refractivity contribution in [1.29, 1.82) is 0 Å². The largest absolute Gasteiger partial charge is 0.379 e. The second-order valence-electron chi connectivity index (χ2n) is 6.76. The van der Waals surface area contributed by atoms with E-state index in [1.165, 1.54) is 9.87 Å². The summed E-state index contributed by atoms with van der Waals surface area (Å²) in [6.45, 7) is 1.65. The van der Waals surface area contributed by atoms with Crippen molar-refractivity contribution in [2.75, 3.05) is 26.3 Å². The minimum atomic E-state index is -3.48. The number of hydrogen-bond acceptors (Lipinski definition) is 4. The standard InChI is InChI=1S/C23H22N2O3S/c26-29(27,25-14-16-28-17-15-25)23-12-10-22(11-13-23)24-18-19-6-8-21(9-7-19)20-4-2-1-3-5-20/h1-13,18H,14-17H2. The Bertz CT molecular complexity index is 1070. The first kappa shape index (κ1) is 19.5.